The summed E-state index contributed by atoms with van der Waals surface area (Å²) in [5.41, 5.74) is 7.70. The van der Waals surface area contributed by atoms with E-state index in [1.807, 2.05) is 76.7 Å². The maximum atomic E-state index is 12.2. The van der Waals surface area contributed by atoms with Gasteiger partial charge in [-0.3, -0.25) is 9.59 Å². The van der Waals surface area contributed by atoms with Gasteiger partial charge < -0.3 is 29.9 Å². The average molecular weight is 691 g/mol. The van der Waals surface area contributed by atoms with Crippen molar-refractivity contribution in [2.75, 3.05) is 67.7 Å². The van der Waals surface area contributed by atoms with Crippen LogP contribution in [0.2, 0.25) is 0 Å². The van der Waals surface area contributed by atoms with Gasteiger partial charge in [0.05, 0.1) is 28.2 Å². The van der Waals surface area contributed by atoms with Crippen molar-refractivity contribution in [1.82, 2.24) is 10.9 Å². The molecule has 0 bridgehead atoms. The van der Waals surface area contributed by atoms with Crippen LogP contribution in [0.3, 0.4) is 0 Å². The molecule has 0 aliphatic carbocycles. The first-order chi connectivity index (χ1) is 23.1. The van der Waals surface area contributed by atoms with E-state index >= 15 is 0 Å². The fraction of sp³-hybridized carbons (Fsp3) is 0.622. The minimum Gasteiger partial charge on any atom is -0.491 e. The molecule has 12 heteroatoms. The molecule has 0 fully saturated rings. The number of hydrogen-bond acceptors (Lipinski definition) is 8. The summed E-state index contributed by atoms with van der Waals surface area (Å²) in [6.45, 7) is 5.28. The summed E-state index contributed by atoms with van der Waals surface area (Å²) >= 11 is 0. The number of carbonyl (C=O) groups excluding carboxylic acids is 2. The highest BCUT2D eigenvalue weighted by atomic mass is 16.5. The molecule has 2 rings (SSSR count). The lowest BCUT2D eigenvalue weighted by Crippen LogP contribution is -2.58. The highest BCUT2D eigenvalue weighted by Gasteiger charge is 2.26. The Bertz CT molecular complexity index is 1160. The lowest BCUT2D eigenvalue weighted by atomic mass is 9.78. The van der Waals surface area contributed by atoms with Crippen LogP contribution in [0.25, 0.3) is 0 Å². The van der Waals surface area contributed by atoms with E-state index in [-0.39, 0.29) is 65.9 Å². The molecule has 0 aromatic heterocycles. The van der Waals surface area contributed by atoms with Gasteiger partial charge in [0.2, 0.25) is 0 Å². The lowest BCUT2D eigenvalue weighted by Gasteiger charge is -2.31. The summed E-state index contributed by atoms with van der Waals surface area (Å²) < 4.78 is 12.0. The summed E-state index contributed by atoms with van der Waals surface area (Å²) in [6, 6.07) is 15.6. The van der Waals surface area contributed by atoms with Crippen LogP contribution in [-0.2, 0) is 15.0 Å². The van der Waals surface area contributed by atoms with Gasteiger partial charge in [-0.25, -0.2) is 20.0 Å². The third-order valence-corrected chi connectivity index (χ3v) is 8.35. The topological polar surface area (TPSA) is 158 Å². The predicted octanol–water partition coefficient (Wildman–Crippen LogP) is 2.81. The summed E-state index contributed by atoms with van der Waals surface area (Å²) in [4.78, 5) is 24.5. The van der Waals surface area contributed by atoms with Crippen LogP contribution in [0.5, 0.6) is 11.5 Å². The molecule has 0 aliphatic rings. The third-order valence-electron chi connectivity index (χ3n) is 8.35. The molecular weight excluding hydrogens is 628 g/mol. The first-order valence-electron chi connectivity index (χ1n) is 17.4. The quantitative estimate of drug-likeness (QED) is 0.0558. The number of aliphatic hydroxyl groups is 4. The van der Waals surface area contributed by atoms with E-state index in [4.69, 9.17) is 19.7 Å². The van der Waals surface area contributed by atoms with Crippen LogP contribution in [0.4, 0.5) is 0 Å². The number of hydrogen-bond donors (Lipinski definition) is 6. The van der Waals surface area contributed by atoms with Crippen LogP contribution in [-0.4, -0.2) is 121 Å². The van der Waals surface area contributed by atoms with Crippen molar-refractivity contribution in [2.45, 2.75) is 82.8 Å². The minimum absolute atomic E-state index is 0.0875. The van der Waals surface area contributed by atoms with Gasteiger partial charge in [-0.2, -0.15) is 0 Å². The van der Waals surface area contributed by atoms with Crippen molar-refractivity contribution >= 4 is 11.8 Å². The number of amides is 2. The fourth-order valence-corrected chi connectivity index (χ4v) is 5.67. The molecule has 0 saturated carbocycles. The number of nitrogens with one attached hydrogen (secondary N) is 2. The summed E-state index contributed by atoms with van der Waals surface area (Å²) in [5, 5.41) is 38.9. The van der Waals surface area contributed by atoms with E-state index < -0.39 is 12.2 Å². The van der Waals surface area contributed by atoms with Gasteiger partial charge in [-0.1, -0.05) is 51.0 Å². The van der Waals surface area contributed by atoms with Crippen LogP contribution in [0.15, 0.2) is 48.5 Å². The smallest absolute Gasteiger partial charge is 0.264 e. The van der Waals surface area contributed by atoms with E-state index in [1.165, 1.54) is 0 Å². The highest BCUT2D eigenvalue weighted by molar-refractivity contribution is 5.74. The Balaban J connectivity index is 1.82. The zero-order valence-corrected chi connectivity index (χ0v) is 30.5. The van der Waals surface area contributed by atoms with Crippen molar-refractivity contribution in [1.29, 1.82) is 0 Å². The second kappa shape index (κ2) is 20.4. The molecule has 2 atom stereocenters. The zero-order valence-electron chi connectivity index (χ0n) is 30.5. The first kappa shape index (κ1) is 41.9. The molecule has 6 N–H and O–H groups in total. The van der Waals surface area contributed by atoms with Gasteiger partial charge in [0, 0.05) is 31.5 Å². The van der Waals surface area contributed by atoms with Crippen molar-refractivity contribution in [3.63, 3.8) is 0 Å². The number of nitrogens with zero attached hydrogens (tertiary/aromatic N) is 2. The minimum atomic E-state index is -0.785. The number of ether oxygens (including phenoxy) is 2. The Morgan fingerprint density at radius 1 is 0.633 bits per heavy atom. The molecular formula is C37H62N4O8+2. The SMILES string of the molecule is CC(C)(c1ccc(OCC(O)C[N+](C)(C)NC(=O)CCCCCO)cc1)c1ccc(OCC(O)C[N+](C)(C)NC(=O)CCCCCO)cc1. The Hall–Kier alpha value is -3.26. The molecule has 2 aromatic carbocycles. The van der Waals surface area contributed by atoms with Crippen LogP contribution in [0, 0.1) is 0 Å². The second-order valence-electron chi connectivity index (χ2n) is 14.5. The van der Waals surface area contributed by atoms with Crippen molar-refractivity contribution in [3.05, 3.63) is 59.7 Å². The fourth-order valence-electron chi connectivity index (χ4n) is 5.67. The van der Waals surface area contributed by atoms with Crippen LogP contribution in [0.1, 0.15) is 76.3 Å². The molecule has 0 radical (unpaired) electrons. The van der Waals surface area contributed by atoms with Crippen molar-refractivity contribution < 1.29 is 48.7 Å². The van der Waals surface area contributed by atoms with Gasteiger partial charge in [-0.15, -0.1) is 0 Å². The number of carbonyl (C=O) groups is 2. The van der Waals surface area contributed by atoms with Crippen molar-refractivity contribution in [3.8, 4) is 11.5 Å². The molecule has 0 spiro atoms. The monoisotopic (exact) mass is 690 g/mol. The first-order valence-corrected chi connectivity index (χ1v) is 17.4. The Morgan fingerprint density at radius 3 is 1.31 bits per heavy atom. The molecule has 2 aromatic rings. The number of rotatable bonds is 24. The van der Waals surface area contributed by atoms with E-state index in [1.54, 1.807) is 0 Å². The molecule has 49 heavy (non-hydrogen) atoms. The number of unbranched alkanes of at least 4 members (excludes halogenated alkanes) is 4. The molecule has 0 saturated heterocycles. The summed E-state index contributed by atoms with van der Waals surface area (Å²) in [5.74, 6) is 1.10. The number of benzene rings is 2. The van der Waals surface area contributed by atoms with Gasteiger partial charge in [0.1, 0.15) is 50.0 Å². The number of aliphatic hydroxyl groups excluding tert-OH is 4. The van der Waals surface area contributed by atoms with Crippen molar-refractivity contribution in [2.24, 2.45) is 0 Å². The summed E-state index contributed by atoms with van der Waals surface area (Å²) in [6.07, 6.45) is 3.61. The molecule has 2 amide bonds. The largest absolute Gasteiger partial charge is 0.491 e. The molecule has 2 unspecified atom stereocenters. The predicted molar refractivity (Wildman–Crippen MR) is 189 cm³/mol. The van der Waals surface area contributed by atoms with E-state index in [0.29, 0.717) is 50.0 Å². The zero-order chi connectivity index (χ0) is 36.5. The van der Waals surface area contributed by atoms with Crippen LogP contribution < -0.4 is 20.3 Å². The van der Waals surface area contributed by atoms with Gasteiger partial charge in [0.25, 0.3) is 11.8 Å². The van der Waals surface area contributed by atoms with E-state index in [2.05, 4.69) is 24.7 Å². The Labute approximate surface area is 292 Å². The van der Waals surface area contributed by atoms with E-state index in [0.717, 1.165) is 24.0 Å². The Morgan fingerprint density at radius 2 is 0.980 bits per heavy atom. The van der Waals surface area contributed by atoms with E-state index in [9.17, 15) is 19.8 Å². The van der Waals surface area contributed by atoms with Gasteiger partial charge in [-0.05, 0) is 61.1 Å². The standard InChI is InChI=1S/C37H60N4O8/c1-37(2,29-15-19-33(20-16-29)48-27-31(44)25-40(3,4)38-35(46)13-9-7-11-23-42)30-17-21-34(22-18-30)49-28-32(45)26-41(5,6)39-36(47)14-10-8-12-24-43/h15-22,31-32,42-45H,7-14,23-28H2,1-6H3/p+2. The second-order valence-corrected chi connectivity index (χ2v) is 14.5. The van der Waals surface area contributed by atoms with Gasteiger partial charge in [0.15, 0.2) is 0 Å². The molecule has 0 aliphatic heterocycles. The average Bonchev–Trinajstić information content (AvgIpc) is 3.02. The maximum absolute atomic E-state index is 12.2. The lowest BCUT2D eigenvalue weighted by molar-refractivity contribution is -0.928. The molecule has 12 nitrogen and oxygen atoms in total. The highest BCUT2D eigenvalue weighted by Crippen LogP contribution is 2.33. The molecule has 276 valence electrons. The summed E-state index contributed by atoms with van der Waals surface area (Å²) in [7, 11) is 7.29. The van der Waals surface area contributed by atoms with Gasteiger partial charge >= 0.3 is 0 Å². The van der Waals surface area contributed by atoms with Crippen LogP contribution >= 0.6 is 0 Å². The normalized spacial score (nSPS) is 13.4. The number of likely N-dealkylation sites (N-methyl/N-ethyl adjacent to an activating group) is 2. The number of quaternary nitrogens is 2. The Kier molecular flexibility index (Phi) is 17.5. The molecule has 0 heterocycles. The third kappa shape index (κ3) is 16.3. The maximum Gasteiger partial charge on any atom is 0.264 e.